The molecule has 1 aromatic heterocycles. The third-order valence-electron chi connectivity index (χ3n) is 4.03. The molecule has 1 amide bonds. The van der Waals surface area contributed by atoms with E-state index in [9.17, 15) is 4.79 Å². The minimum Gasteiger partial charge on any atom is -0.495 e. The van der Waals surface area contributed by atoms with Crippen LogP contribution in [0, 0.1) is 0 Å². The van der Waals surface area contributed by atoms with Crippen LogP contribution in [-0.2, 0) is 11.3 Å². The van der Waals surface area contributed by atoms with Crippen molar-refractivity contribution in [1.82, 2.24) is 4.98 Å². The molecule has 1 heterocycles. The highest BCUT2D eigenvalue weighted by molar-refractivity contribution is 5.92. The summed E-state index contributed by atoms with van der Waals surface area (Å²) in [6.45, 7) is 3.71. The van der Waals surface area contributed by atoms with Gasteiger partial charge in [-0.3, -0.25) is 4.79 Å². The normalized spacial score (nSPS) is 12.1. The van der Waals surface area contributed by atoms with Crippen molar-refractivity contribution in [3.8, 4) is 5.75 Å². The Morgan fingerprint density at radius 3 is 2.72 bits per heavy atom. The van der Waals surface area contributed by atoms with Crippen molar-refractivity contribution in [1.29, 1.82) is 0 Å². The van der Waals surface area contributed by atoms with E-state index in [2.05, 4.69) is 10.3 Å². The lowest BCUT2D eigenvalue weighted by Gasteiger charge is -2.16. The molecule has 130 valence electrons. The monoisotopic (exact) mass is 340 g/mol. The van der Waals surface area contributed by atoms with Gasteiger partial charge >= 0.3 is 0 Å². The first-order chi connectivity index (χ1) is 12.2. The second-order valence-corrected chi connectivity index (χ2v) is 5.78. The number of nitrogens with zero attached hydrogens (tertiary/aromatic N) is 1. The molecule has 0 spiro atoms. The van der Waals surface area contributed by atoms with E-state index in [0.717, 1.165) is 22.5 Å². The number of nitrogens with one attached hydrogen (secondary N) is 2. The molecule has 0 aliphatic carbocycles. The lowest BCUT2D eigenvalue weighted by molar-refractivity contribution is -0.905. The Balaban J connectivity index is 1.64. The van der Waals surface area contributed by atoms with Gasteiger partial charge < -0.3 is 19.4 Å². The lowest BCUT2D eigenvalue weighted by atomic mass is 10.3. The Morgan fingerprint density at radius 2 is 1.96 bits per heavy atom. The maximum atomic E-state index is 12.4. The fourth-order valence-electron chi connectivity index (χ4n) is 2.69. The third kappa shape index (κ3) is 4.16. The zero-order chi connectivity index (χ0) is 17.6. The first kappa shape index (κ1) is 17.0. The summed E-state index contributed by atoms with van der Waals surface area (Å²) in [6.07, 6.45) is 0. The molecular formula is C19H22N3O3+. The summed E-state index contributed by atoms with van der Waals surface area (Å²) >= 11 is 0. The van der Waals surface area contributed by atoms with Gasteiger partial charge in [-0.15, -0.1) is 0 Å². The molecule has 0 saturated carbocycles. The third-order valence-corrected chi connectivity index (χ3v) is 4.03. The average molecular weight is 340 g/mol. The van der Waals surface area contributed by atoms with Crippen molar-refractivity contribution in [2.45, 2.75) is 13.5 Å². The molecular weight excluding hydrogens is 318 g/mol. The van der Waals surface area contributed by atoms with Crippen molar-refractivity contribution < 1.29 is 18.8 Å². The van der Waals surface area contributed by atoms with Crippen molar-refractivity contribution in [3.05, 3.63) is 54.4 Å². The van der Waals surface area contributed by atoms with Gasteiger partial charge in [0.25, 0.3) is 11.8 Å². The number of anilines is 1. The van der Waals surface area contributed by atoms with Gasteiger partial charge in [-0.05, 0) is 31.2 Å². The number of amides is 1. The van der Waals surface area contributed by atoms with Crippen LogP contribution in [-0.4, -0.2) is 31.1 Å². The lowest BCUT2D eigenvalue weighted by Crippen LogP contribution is -3.11. The van der Waals surface area contributed by atoms with Crippen LogP contribution in [0.5, 0.6) is 5.75 Å². The molecule has 0 bridgehead atoms. The number of carbonyl (C=O) groups excluding carboxylic acids is 1. The number of quaternary nitrogens is 1. The number of methoxy groups -OCH3 is 1. The molecule has 3 rings (SSSR count). The maximum absolute atomic E-state index is 12.4. The number of hydrogen-bond acceptors (Lipinski definition) is 4. The number of hydrogen-bond donors (Lipinski definition) is 2. The summed E-state index contributed by atoms with van der Waals surface area (Å²) < 4.78 is 11.0. The summed E-state index contributed by atoms with van der Waals surface area (Å²) in [5.74, 6) is 1.22. The van der Waals surface area contributed by atoms with E-state index in [-0.39, 0.29) is 5.91 Å². The van der Waals surface area contributed by atoms with Crippen LogP contribution in [0.4, 0.5) is 5.69 Å². The van der Waals surface area contributed by atoms with Crippen LogP contribution in [0.2, 0.25) is 0 Å². The summed E-state index contributed by atoms with van der Waals surface area (Å²) in [7, 11) is 1.59. The molecule has 25 heavy (non-hydrogen) atoms. The van der Waals surface area contributed by atoms with Crippen molar-refractivity contribution in [3.63, 3.8) is 0 Å². The van der Waals surface area contributed by atoms with Gasteiger partial charge in [0, 0.05) is 0 Å². The van der Waals surface area contributed by atoms with E-state index in [1.54, 1.807) is 7.11 Å². The SMILES string of the molecule is CC[NH+](CC(=O)Nc1ccccc1OC)Cc1nc2ccccc2o1. The predicted molar refractivity (Wildman–Crippen MR) is 95.7 cm³/mol. The number of likely N-dealkylation sites (N-methyl/N-ethyl adjacent to an activating group) is 1. The number of benzene rings is 2. The minimum absolute atomic E-state index is 0.0718. The molecule has 0 aliphatic heterocycles. The number of oxazole rings is 1. The first-order valence-corrected chi connectivity index (χ1v) is 8.30. The number of rotatable bonds is 7. The van der Waals surface area contributed by atoms with Gasteiger partial charge in [0.2, 0.25) is 0 Å². The first-order valence-electron chi connectivity index (χ1n) is 8.30. The fraction of sp³-hybridized carbons (Fsp3) is 0.263. The van der Waals surface area contributed by atoms with Crippen molar-refractivity contribution in [2.24, 2.45) is 0 Å². The number of ether oxygens (including phenoxy) is 1. The zero-order valence-corrected chi connectivity index (χ0v) is 14.4. The average Bonchev–Trinajstić information content (AvgIpc) is 3.03. The van der Waals surface area contributed by atoms with Gasteiger partial charge in [-0.25, -0.2) is 4.98 Å². The number of carbonyl (C=O) groups is 1. The Bertz CT molecular complexity index is 827. The smallest absolute Gasteiger partial charge is 0.279 e. The summed E-state index contributed by atoms with van der Waals surface area (Å²) in [4.78, 5) is 17.9. The van der Waals surface area contributed by atoms with Gasteiger partial charge in [-0.1, -0.05) is 24.3 Å². The van der Waals surface area contributed by atoms with E-state index in [1.807, 2.05) is 55.5 Å². The van der Waals surface area contributed by atoms with Crippen LogP contribution < -0.4 is 15.0 Å². The van der Waals surface area contributed by atoms with Gasteiger partial charge in [0.1, 0.15) is 11.3 Å². The highest BCUT2D eigenvalue weighted by atomic mass is 16.5. The summed E-state index contributed by atoms with van der Waals surface area (Å²) in [6, 6.07) is 15.0. The Hall–Kier alpha value is -2.86. The van der Waals surface area contributed by atoms with Crippen LogP contribution in [0.3, 0.4) is 0 Å². The molecule has 0 saturated heterocycles. The Morgan fingerprint density at radius 1 is 1.20 bits per heavy atom. The van der Waals surface area contributed by atoms with E-state index in [4.69, 9.17) is 9.15 Å². The van der Waals surface area contributed by atoms with Gasteiger partial charge in [0.15, 0.2) is 18.7 Å². The van der Waals surface area contributed by atoms with E-state index in [1.165, 1.54) is 0 Å². The molecule has 0 fully saturated rings. The second-order valence-electron chi connectivity index (χ2n) is 5.78. The molecule has 6 nitrogen and oxygen atoms in total. The fourth-order valence-corrected chi connectivity index (χ4v) is 2.69. The highest BCUT2D eigenvalue weighted by Crippen LogP contribution is 2.22. The van der Waals surface area contributed by atoms with Crippen LogP contribution >= 0.6 is 0 Å². The number of fused-ring (bicyclic) bond motifs is 1. The van der Waals surface area contributed by atoms with Crippen LogP contribution in [0.15, 0.2) is 52.9 Å². The van der Waals surface area contributed by atoms with E-state index >= 15 is 0 Å². The number of para-hydroxylation sites is 4. The van der Waals surface area contributed by atoms with Crippen molar-refractivity contribution >= 4 is 22.7 Å². The molecule has 1 unspecified atom stereocenters. The second kappa shape index (κ2) is 7.81. The molecule has 0 radical (unpaired) electrons. The number of aromatic nitrogens is 1. The maximum Gasteiger partial charge on any atom is 0.279 e. The van der Waals surface area contributed by atoms with E-state index in [0.29, 0.717) is 30.4 Å². The quantitative estimate of drug-likeness (QED) is 0.689. The topological polar surface area (TPSA) is 68.8 Å². The standard InChI is InChI=1S/C19H21N3O3/c1-3-22(13-19-21-15-9-5-7-11-17(15)25-19)12-18(23)20-14-8-4-6-10-16(14)24-2/h4-11H,3,12-13H2,1-2H3,(H,20,23)/p+1. The Kier molecular flexibility index (Phi) is 5.30. The van der Waals surface area contributed by atoms with Gasteiger partial charge in [0.05, 0.1) is 19.3 Å². The van der Waals surface area contributed by atoms with Crippen LogP contribution in [0.1, 0.15) is 12.8 Å². The molecule has 2 N–H and O–H groups in total. The zero-order valence-electron chi connectivity index (χ0n) is 14.4. The highest BCUT2D eigenvalue weighted by Gasteiger charge is 2.17. The molecule has 6 heteroatoms. The summed E-state index contributed by atoms with van der Waals surface area (Å²) in [5, 5.41) is 2.90. The Labute approximate surface area is 146 Å². The largest absolute Gasteiger partial charge is 0.495 e. The predicted octanol–water partition coefficient (Wildman–Crippen LogP) is 1.88. The molecule has 2 aromatic carbocycles. The van der Waals surface area contributed by atoms with Gasteiger partial charge in [-0.2, -0.15) is 0 Å². The van der Waals surface area contributed by atoms with Crippen molar-refractivity contribution in [2.75, 3.05) is 25.5 Å². The van der Waals surface area contributed by atoms with Crippen LogP contribution in [0.25, 0.3) is 11.1 Å². The summed E-state index contributed by atoms with van der Waals surface area (Å²) in [5.41, 5.74) is 2.28. The minimum atomic E-state index is -0.0718. The molecule has 3 aromatic rings. The molecule has 1 atom stereocenters. The van der Waals surface area contributed by atoms with E-state index < -0.39 is 0 Å². The molecule has 0 aliphatic rings.